The summed E-state index contributed by atoms with van der Waals surface area (Å²) < 4.78 is 6.58. The number of benzene rings is 2. The molecule has 0 saturated carbocycles. The van der Waals surface area contributed by atoms with Crippen molar-refractivity contribution in [2.24, 2.45) is 4.99 Å². The van der Waals surface area contributed by atoms with E-state index in [-0.39, 0.29) is 24.0 Å². The summed E-state index contributed by atoms with van der Waals surface area (Å²) in [6.45, 7) is 2.67. The first-order chi connectivity index (χ1) is 12.7. The topological polar surface area (TPSA) is 48.9 Å². The molecule has 5 nitrogen and oxygen atoms in total. The summed E-state index contributed by atoms with van der Waals surface area (Å²) in [6.07, 6.45) is 1.07. The highest BCUT2D eigenvalue weighted by molar-refractivity contribution is 14.0. The zero-order valence-corrected chi connectivity index (χ0v) is 19.5. The molecule has 27 heavy (non-hydrogen) atoms. The first kappa shape index (κ1) is 21.8. The summed E-state index contributed by atoms with van der Waals surface area (Å²) in [7, 11) is 3.53. The van der Waals surface area contributed by atoms with Crippen LogP contribution >= 0.6 is 39.9 Å². The molecular weight excluding hydrogens is 519 g/mol. The zero-order valence-electron chi connectivity index (χ0n) is 15.6. The summed E-state index contributed by atoms with van der Waals surface area (Å²) in [6, 6.07) is 16.8. The van der Waals surface area contributed by atoms with Gasteiger partial charge in [0.25, 0.3) is 0 Å². The third kappa shape index (κ3) is 6.00. The van der Waals surface area contributed by atoms with Crippen molar-refractivity contribution in [1.82, 2.24) is 10.6 Å². The number of guanidine groups is 1. The Hall–Kier alpha value is -1.48. The van der Waals surface area contributed by atoms with Gasteiger partial charge >= 0.3 is 0 Å². The molecule has 0 bridgehead atoms. The fourth-order valence-electron chi connectivity index (χ4n) is 3.21. The van der Waals surface area contributed by atoms with Crippen LogP contribution in [0.15, 0.2) is 58.0 Å². The van der Waals surface area contributed by atoms with E-state index in [0.717, 1.165) is 47.9 Å². The molecule has 0 aliphatic carbocycles. The van der Waals surface area contributed by atoms with Crippen LogP contribution in [0, 0.1) is 0 Å². The second-order valence-corrected chi connectivity index (χ2v) is 7.22. The summed E-state index contributed by atoms with van der Waals surface area (Å²) in [5.74, 6) is 1.75. The van der Waals surface area contributed by atoms with Crippen molar-refractivity contribution >= 4 is 51.6 Å². The summed E-state index contributed by atoms with van der Waals surface area (Å²) in [5.41, 5.74) is 2.36. The monoisotopic (exact) mass is 544 g/mol. The smallest absolute Gasteiger partial charge is 0.191 e. The Morgan fingerprint density at radius 1 is 1.26 bits per heavy atom. The predicted molar refractivity (Wildman–Crippen MR) is 127 cm³/mol. The molecule has 2 aromatic rings. The third-order valence-corrected chi connectivity index (χ3v) is 5.02. The molecule has 1 unspecified atom stereocenters. The lowest BCUT2D eigenvalue weighted by molar-refractivity contribution is 0.415. The Balaban J connectivity index is 0.00000261. The fraction of sp³-hybridized carbons (Fsp3) is 0.350. The predicted octanol–water partition coefficient (Wildman–Crippen LogP) is 4.02. The largest absolute Gasteiger partial charge is 0.495 e. The van der Waals surface area contributed by atoms with Crippen molar-refractivity contribution in [2.45, 2.75) is 19.0 Å². The van der Waals surface area contributed by atoms with E-state index >= 15 is 0 Å². The van der Waals surface area contributed by atoms with Gasteiger partial charge in [-0.25, -0.2) is 0 Å². The maximum atomic E-state index is 5.49. The van der Waals surface area contributed by atoms with Gasteiger partial charge in [0.15, 0.2) is 5.96 Å². The lowest BCUT2D eigenvalue weighted by atomic mass is 10.2. The number of ether oxygens (including phenoxy) is 1. The van der Waals surface area contributed by atoms with Gasteiger partial charge < -0.3 is 20.3 Å². The number of rotatable bonds is 5. The second-order valence-electron chi connectivity index (χ2n) is 6.30. The SMILES string of the molecule is CN=C(NCc1cccc(Br)c1)NC1CCN(c2ccccc2OC)C1.I. The normalized spacial score (nSPS) is 16.6. The van der Waals surface area contributed by atoms with Gasteiger partial charge in [-0.15, -0.1) is 24.0 Å². The molecule has 1 fully saturated rings. The molecule has 1 atom stereocenters. The molecular formula is C20H26BrIN4O. The summed E-state index contributed by atoms with van der Waals surface area (Å²) in [4.78, 5) is 6.72. The molecule has 0 amide bonds. The summed E-state index contributed by atoms with van der Waals surface area (Å²) >= 11 is 3.51. The number of anilines is 1. The van der Waals surface area contributed by atoms with E-state index in [1.165, 1.54) is 5.56 Å². The molecule has 146 valence electrons. The van der Waals surface area contributed by atoms with E-state index in [1.54, 1.807) is 7.11 Å². The lowest BCUT2D eigenvalue weighted by Gasteiger charge is -2.22. The Morgan fingerprint density at radius 3 is 2.81 bits per heavy atom. The lowest BCUT2D eigenvalue weighted by Crippen LogP contribution is -2.44. The van der Waals surface area contributed by atoms with Crippen LogP contribution in [0.25, 0.3) is 0 Å². The molecule has 1 aliphatic heterocycles. The minimum atomic E-state index is 0. The van der Waals surface area contributed by atoms with Gasteiger partial charge in [-0.2, -0.15) is 0 Å². The van der Waals surface area contributed by atoms with Crippen molar-refractivity contribution < 1.29 is 4.74 Å². The zero-order chi connectivity index (χ0) is 18.4. The van der Waals surface area contributed by atoms with E-state index < -0.39 is 0 Å². The average Bonchev–Trinajstić information content (AvgIpc) is 3.13. The number of nitrogens with one attached hydrogen (secondary N) is 2. The minimum Gasteiger partial charge on any atom is -0.495 e. The Bertz CT molecular complexity index is 771. The van der Waals surface area contributed by atoms with Gasteiger partial charge in [0.1, 0.15) is 5.75 Å². The third-order valence-electron chi connectivity index (χ3n) is 4.53. The quantitative estimate of drug-likeness (QED) is 0.339. The van der Waals surface area contributed by atoms with Gasteiger partial charge in [0.2, 0.25) is 0 Å². The molecule has 0 radical (unpaired) electrons. The highest BCUT2D eigenvalue weighted by atomic mass is 127. The highest BCUT2D eigenvalue weighted by Crippen LogP contribution is 2.30. The van der Waals surface area contributed by atoms with Crippen molar-refractivity contribution in [3.63, 3.8) is 0 Å². The number of para-hydroxylation sites is 2. The van der Waals surface area contributed by atoms with Gasteiger partial charge in [-0.1, -0.05) is 40.2 Å². The van der Waals surface area contributed by atoms with Crippen LogP contribution in [0.2, 0.25) is 0 Å². The van der Waals surface area contributed by atoms with Gasteiger partial charge in [0.05, 0.1) is 12.8 Å². The molecule has 7 heteroatoms. The number of nitrogens with zero attached hydrogens (tertiary/aromatic N) is 2. The maximum absolute atomic E-state index is 5.49. The number of methoxy groups -OCH3 is 1. The Morgan fingerprint density at radius 2 is 2.07 bits per heavy atom. The van der Waals surface area contributed by atoms with E-state index in [9.17, 15) is 0 Å². The average molecular weight is 545 g/mol. The van der Waals surface area contributed by atoms with E-state index in [0.29, 0.717) is 6.04 Å². The number of halogens is 2. The Labute approximate surface area is 186 Å². The standard InChI is InChI=1S/C20H25BrN4O.HI/c1-22-20(23-13-15-6-5-7-16(21)12-15)24-17-10-11-25(14-17)18-8-3-4-9-19(18)26-2;/h3-9,12,17H,10-11,13-14H2,1-2H3,(H2,22,23,24);1H. The molecule has 2 N–H and O–H groups in total. The minimum absolute atomic E-state index is 0. The molecule has 2 aromatic carbocycles. The molecule has 1 heterocycles. The van der Waals surface area contributed by atoms with Crippen molar-refractivity contribution in [3.8, 4) is 5.75 Å². The van der Waals surface area contributed by atoms with Crippen LogP contribution in [0.1, 0.15) is 12.0 Å². The first-order valence-electron chi connectivity index (χ1n) is 8.79. The molecule has 0 spiro atoms. The molecule has 3 rings (SSSR count). The van der Waals surface area contributed by atoms with Crippen molar-refractivity contribution in [1.29, 1.82) is 0 Å². The first-order valence-corrected chi connectivity index (χ1v) is 9.58. The second kappa shape index (κ2) is 10.8. The van der Waals surface area contributed by atoms with E-state index in [1.807, 2.05) is 31.3 Å². The van der Waals surface area contributed by atoms with Crippen LogP contribution in [-0.2, 0) is 6.54 Å². The van der Waals surface area contributed by atoms with Gasteiger partial charge in [0, 0.05) is 37.2 Å². The van der Waals surface area contributed by atoms with E-state index in [2.05, 4.69) is 60.7 Å². The van der Waals surface area contributed by atoms with Crippen LogP contribution in [0.5, 0.6) is 5.75 Å². The van der Waals surface area contributed by atoms with Crippen LogP contribution in [-0.4, -0.2) is 39.2 Å². The Kier molecular flexibility index (Phi) is 8.69. The summed E-state index contributed by atoms with van der Waals surface area (Å²) in [5, 5.41) is 6.92. The van der Waals surface area contributed by atoms with Crippen LogP contribution in [0.3, 0.4) is 0 Å². The van der Waals surface area contributed by atoms with Gasteiger partial charge in [-0.05, 0) is 36.2 Å². The van der Waals surface area contributed by atoms with E-state index in [4.69, 9.17) is 4.74 Å². The molecule has 1 saturated heterocycles. The fourth-order valence-corrected chi connectivity index (χ4v) is 3.66. The maximum Gasteiger partial charge on any atom is 0.191 e. The highest BCUT2D eigenvalue weighted by Gasteiger charge is 2.25. The molecule has 0 aromatic heterocycles. The van der Waals surface area contributed by atoms with Crippen LogP contribution in [0.4, 0.5) is 5.69 Å². The van der Waals surface area contributed by atoms with Gasteiger partial charge in [-0.3, -0.25) is 4.99 Å². The number of hydrogen-bond donors (Lipinski definition) is 2. The number of hydrogen-bond acceptors (Lipinski definition) is 3. The van der Waals surface area contributed by atoms with Crippen molar-refractivity contribution in [2.75, 3.05) is 32.1 Å². The molecule has 1 aliphatic rings. The van der Waals surface area contributed by atoms with Crippen LogP contribution < -0.4 is 20.3 Å². The van der Waals surface area contributed by atoms with Crippen molar-refractivity contribution in [3.05, 3.63) is 58.6 Å². The number of aliphatic imine (C=N–C) groups is 1.